The highest BCUT2D eigenvalue weighted by Gasteiger charge is 2.45. The fourth-order valence-corrected chi connectivity index (χ4v) is 5.09. The molecule has 3 aliphatic rings. The van der Waals surface area contributed by atoms with Crippen molar-refractivity contribution in [1.82, 2.24) is 15.1 Å². The fourth-order valence-electron chi connectivity index (χ4n) is 4.38. The van der Waals surface area contributed by atoms with Gasteiger partial charge in [-0.3, -0.25) is 9.89 Å². The molecule has 0 aromatic heterocycles. The Labute approximate surface area is 194 Å². The van der Waals surface area contributed by atoms with Gasteiger partial charge in [-0.05, 0) is 37.8 Å². The molecule has 1 aliphatic carbocycles. The van der Waals surface area contributed by atoms with E-state index in [1.165, 1.54) is 29.3 Å². The second-order valence-electron chi connectivity index (χ2n) is 7.97. The van der Waals surface area contributed by atoms with Crippen molar-refractivity contribution in [3.8, 4) is 0 Å². The molecule has 0 radical (unpaired) electrons. The van der Waals surface area contributed by atoms with E-state index in [0.717, 1.165) is 58.4 Å². The van der Waals surface area contributed by atoms with Crippen LogP contribution >= 0.6 is 39.9 Å². The summed E-state index contributed by atoms with van der Waals surface area (Å²) >= 11 is 3.74. The van der Waals surface area contributed by atoms with Crippen LogP contribution in [0.2, 0.25) is 0 Å². The van der Waals surface area contributed by atoms with Gasteiger partial charge in [0.05, 0.1) is 19.8 Å². The Balaban J connectivity index is 0.00000225. The van der Waals surface area contributed by atoms with Gasteiger partial charge in [0.25, 0.3) is 0 Å². The summed E-state index contributed by atoms with van der Waals surface area (Å²) < 4.78 is 6.73. The molecule has 0 spiro atoms. The van der Waals surface area contributed by atoms with E-state index in [1.54, 1.807) is 0 Å². The zero-order valence-corrected chi connectivity index (χ0v) is 20.6. The highest BCUT2D eigenvalue weighted by molar-refractivity contribution is 14.0. The summed E-state index contributed by atoms with van der Waals surface area (Å²) in [5.74, 6) is 1.09. The topological polar surface area (TPSA) is 40.1 Å². The maximum Gasteiger partial charge on any atom is 0.193 e. The van der Waals surface area contributed by atoms with Gasteiger partial charge in [0, 0.05) is 48.7 Å². The van der Waals surface area contributed by atoms with Gasteiger partial charge in [0.1, 0.15) is 0 Å². The first-order chi connectivity index (χ1) is 13.2. The molecule has 1 aromatic carbocycles. The number of hydrogen-bond acceptors (Lipinski definition) is 3. The zero-order valence-electron chi connectivity index (χ0n) is 16.7. The molecular weight excluding hydrogens is 531 g/mol. The van der Waals surface area contributed by atoms with E-state index < -0.39 is 0 Å². The Hall–Kier alpha value is -0.380. The molecule has 1 saturated carbocycles. The summed E-state index contributed by atoms with van der Waals surface area (Å²) in [5, 5.41) is 3.54. The summed E-state index contributed by atoms with van der Waals surface area (Å²) in [6.07, 6.45) is 3.68. The summed E-state index contributed by atoms with van der Waals surface area (Å²) in [6, 6.07) is 9.27. The van der Waals surface area contributed by atoms with Crippen molar-refractivity contribution in [2.45, 2.75) is 37.6 Å². The van der Waals surface area contributed by atoms with E-state index in [-0.39, 0.29) is 29.4 Å². The minimum absolute atomic E-state index is 0. The third-order valence-electron chi connectivity index (χ3n) is 6.19. The standard InChI is InChI=1S/C21H31BrN4O.HI/c1-2-23-20(26-10-7-17(15-26)25-11-13-27-14-12-25)24-16-21(8-9-21)18-5-3-4-6-19(18)22;/h3-6,17H,2,7-16H2,1H3,(H,23,24);1H. The van der Waals surface area contributed by atoms with Crippen molar-refractivity contribution in [1.29, 1.82) is 0 Å². The summed E-state index contributed by atoms with van der Waals surface area (Å²) in [6.45, 7) is 10.00. The van der Waals surface area contributed by atoms with Crippen LogP contribution < -0.4 is 5.32 Å². The molecule has 156 valence electrons. The van der Waals surface area contributed by atoms with Crippen molar-refractivity contribution in [2.24, 2.45) is 4.99 Å². The molecule has 0 bridgehead atoms. The molecule has 2 saturated heterocycles. The third kappa shape index (κ3) is 5.02. The van der Waals surface area contributed by atoms with Gasteiger partial charge in [-0.1, -0.05) is 34.1 Å². The smallest absolute Gasteiger partial charge is 0.193 e. The van der Waals surface area contributed by atoms with Gasteiger partial charge in [0.15, 0.2) is 5.96 Å². The van der Waals surface area contributed by atoms with Crippen molar-refractivity contribution in [2.75, 3.05) is 52.5 Å². The Morgan fingerprint density at radius 3 is 2.68 bits per heavy atom. The van der Waals surface area contributed by atoms with Gasteiger partial charge in [-0.25, -0.2) is 0 Å². The molecule has 3 fully saturated rings. The Kier molecular flexibility index (Phi) is 8.04. The van der Waals surface area contributed by atoms with Crippen molar-refractivity contribution in [3.63, 3.8) is 0 Å². The van der Waals surface area contributed by atoms with Gasteiger partial charge in [-0.2, -0.15) is 0 Å². The number of benzene rings is 1. The van der Waals surface area contributed by atoms with E-state index >= 15 is 0 Å². The van der Waals surface area contributed by atoms with Crippen LogP contribution in [0.15, 0.2) is 33.7 Å². The average molecular weight is 563 g/mol. The molecule has 2 aliphatic heterocycles. The Morgan fingerprint density at radius 2 is 2.00 bits per heavy atom. The number of guanidine groups is 1. The largest absolute Gasteiger partial charge is 0.379 e. The number of nitrogens with zero attached hydrogens (tertiary/aromatic N) is 3. The van der Waals surface area contributed by atoms with Crippen molar-refractivity contribution < 1.29 is 4.74 Å². The van der Waals surface area contributed by atoms with Crippen LogP contribution in [0, 0.1) is 0 Å². The molecule has 2 heterocycles. The van der Waals surface area contributed by atoms with Crippen LogP contribution in [0.1, 0.15) is 31.7 Å². The van der Waals surface area contributed by atoms with E-state index in [1.807, 2.05) is 0 Å². The van der Waals surface area contributed by atoms with Crippen LogP contribution in [-0.4, -0.2) is 74.3 Å². The number of aliphatic imine (C=N–C) groups is 1. The van der Waals surface area contributed by atoms with Crippen molar-refractivity contribution in [3.05, 3.63) is 34.3 Å². The van der Waals surface area contributed by atoms with Gasteiger partial charge in [0.2, 0.25) is 0 Å². The van der Waals surface area contributed by atoms with E-state index in [9.17, 15) is 0 Å². The van der Waals surface area contributed by atoms with Crippen LogP contribution in [-0.2, 0) is 10.2 Å². The fraction of sp³-hybridized carbons (Fsp3) is 0.667. The normalized spacial score (nSPS) is 24.7. The number of likely N-dealkylation sites (tertiary alicyclic amines) is 1. The maximum atomic E-state index is 5.51. The lowest BCUT2D eigenvalue weighted by Gasteiger charge is -2.32. The molecule has 7 heteroatoms. The lowest BCUT2D eigenvalue weighted by atomic mass is 9.96. The van der Waals surface area contributed by atoms with Gasteiger partial charge in [-0.15, -0.1) is 24.0 Å². The number of nitrogens with one attached hydrogen (secondary N) is 1. The molecule has 0 amide bonds. The predicted octanol–water partition coefficient (Wildman–Crippen LogP) is 3.47. The van der Waals surface area contributed by atoms with Crippen LogP contribution in [0.5, 0.6) is 0 Å². The first-order valence-electron chi connectivity index (χ1n) is 10.3. The summed E-state index contributed by atoms with van der Waals surface area (Å²) in [7, 11) is 0. The molecule has 4 rings (SSSR count). The number of ether oxygens (including phenoxy) is 1. The Bertz CT molecular complexity index is 676. The third-order valence-corrected chi connectivity index (χ3v) is 6.88. The minimum Gasteiger partial charge on any atom is -0.379 e. The van der Waals surface area contributed by atoms with Gasteiger partial charge < -0.3 is 15.0 Å². The Morgan fingerprint density at radius 1 is 1.25 bits per heavy atom. The average Bonchev–Trinajstić information content (AvgIpc) is 3.32. The first-order valence-corrected chi connectivity index (χ1v) is 11.1. The molecule has 28 heavy (non-hydrogen) atoms. The lowest BCUT2D eigenvalue weighted by Crippen LogP contribution is -2.46. The van der Waals surface area contributed by atoms with Crippen LogP contribution in [0.25, 0.3) is 0 Å². The highest BCUT2D eigenvalue weighted by Crippen LogP contribution is 2.50. The van der Waals surface area contributed by atoms with E-state index in [0.29, 0.717) is 6.04 Å². The van der Waals surface area contributed by atoms with Crippen LogP contribution in [0.4, 0.5) is 0 Å². The van der Waals surface area contributed by atoms with Crippen LogP contribution in [0.3, 0.4) is 0 Å². The molecule has 5 nitrogen and oxygen atoms in total. The molecule has 1 aromatic rings. The monoisotopic (exact) mass is 562 g/mol. The molecule has 1 N–H and O–H groups in total. The number of hydrogen-bond donors (Lipinski definition) is 1. The first kappa shape index (κ1) is 22.3. The number of rotatable bonds is 5. The predicted molar refractivity (Wildman–Crippen MR) is 129 cm³/mol. The van der Waals surface area contributed by atoms with E-state index in [4.69, 9.17) is 9.73 Å². The second kappa shape index (κ2) is 10.1. The number of halogens is 2. The number of morpholine rings is 1. The quantitative estimate of drug-likeness (QED) is 0.339. The SMILES string of the molecule is CCNC(=NCC1(c2ccccc2Br)CC1)N1CCC(N2CCOCC2)C1.I. The lowest BCUT2D eigenvalue weighted by molar-refractivity contribution is 0.0195. The molecular formula is C21H32BrIN4O. The summed E-state index contributed by atoms with van der Waals surface area (Å²) in [5.41, 5.74) is 1.64. The van der Waals surface area contributed by atoms with Crippen molar-refractivity contribution >= 4 is 45.9 Å². The molecule has 1 atom stereocenters. The summed E-state index contributed by atoms with van der Waals surface area (Å²) in [4.78, 5) is 10.1. The molecule has 1 unspecified atom stereocenters. The highest BCUT2D eigenvalue weighted by atomic mass is 127. The zero-order chi connectivity index (χ0) is 18.7. The van der Waals surface area contributed by atoms with E-state index in [2.05, 4.69) is 62.2 Å². The maximum absolute atomic E-state index is 5.51. The second-order valence-corrected chi connectivity index (χ2v) is 8.82. The minimum atomic E-state index is 0. The van der Waals surface area contributed by atoms with Gasteiger partial charge >= 0.3 is 0 Å².